The van der Waals surface area contributed by atoms with E-state index in [2.05, 4.69) is 5.32 Å². The predicted molar refractivity (Wildman–Crippen MR) is 54.2 cm³/mol. The first-order chi connectivity index (χ1) is 6.75. The highest BCUT2D eigenvalue weighted by Crippen LogP contribution is 2.32. The Morgan fingerprint density at radius 1 is 1.21 bits per heavy atom. The highest BCUT2D eigenvalue weighted by Gasteiger charge is 2.32. The molecule has 3 unspecified atom stereocenters. The zero-order chi connectivity index (χ0) is 9.97. The fourth-order valence-electron chi connectivity index (χ4n) is 2.95. The predicted octanol–water partition coefficient (Wildman–Crippen LogP) is 1.77. The largest absolute Gasteiger partial charge is 0.481 e. The maximum absolute atomic E-state index is 10.6. The van der Waals surface area contributed by atoms with Crippen LogP contribution in [0.3, 0.4) is 0 Å². The number of hydrogen-bond donors (Lipinski definition) is 2. The summed E-state index contributed by atoms with van der Waals surface area (Å²) in [6, 6.07) is 0.841. The summed E-state index contributed by atoms with van der Waals surface area (Å²) in [5.74, 6) is 0.158. The van der Waals surface area contributed by atoms with Gasteiger partial charge in [0, 0.05) is 12.1 Å². The third-order valence-electron chi connectivity index (χ3n) is 3.67. The van der Waals surface area contributed by atoms with Gasteiger partial charge in [-0.15, -0.1) is 0 Å². The van der Waals surface area contributed by atoms with Crippen molar-refractivity contribution in [2.45, 2.75) is 57.0 Å². The van der Waals surface area contributed by atoms with E-state index in [0.29, 0.717) is 12.5 Å². The van der Waals surface area contributed by atoms with Crippen molar-refractivity contribution in [1.29, 1.82) is 0 Å². The van der Waals surface area contributed by atoms with Crippen molar-refractivity contribution in [1.82, 2.24) is 5.32 Å². The fraction of sp³-hybridized carbons (Fsp3) is 0.909. The average Bonchev–Trinajstić information content (AvgIpc) is 2.17. The van der Waals surface area contributed by atoms with Gasteiger partial charge in [0.25, 0.3) is 0 Å². The number of carboxylic acids is 1. The molecule has 2 fully saturated rings. The van der Waals surface area contributed by atoms with Crippen LogP contribution in [-0.2, 0) is 4.79 Å². The summed E-state index contributed by atoms with van der Waals surface area (Å²) in [5.41, 5.74) is 0. The van der Waals surface area contributed by atoms with Crippen molar-refractivity contribution >= 4 is 5.97 Å². The fourth-order valence-corrected chi connectivity index (χ4v) is 2.95. The van der Waals surface area contributed by atoms with E-state index in [9.17, 15) is 4.79 Å². The number of fused-ring (bicyclic) bond motifs is 1. The Labute approximate surface area is 84.9 Å². The first kappa shape index (κ1) is 9.97. The zero-order valence-corrected chi connectivity index (χ0v) is 8.54. The molecule has 3 atom stereocenters. The third kappa shape index (κ3) is 2.27. The molecule has 0 bridgehead atoms. The van der Waals surface area contributed by atoms with Crippen LogP contribution in [-0.4, -0.2) is 23.2 Å². The molecule has 14 heavy (non-hydrogen) atoms. The van der Waals surface area contributed by atoms with Crippen LogP contribution in [0.2, 0.25) is 0 Å². The van der Waals surface area contributed by atoms with E-state index in [-0.39, 0.29) is 6.04 Å². The van der Waals surface area contributed by atoms with Gasteiger partial charge in [-0.05, 0) is 31.6 Å². The Bertz CT molecular complexity index is 217. The van der Waals surface area contributed by atoms with Gasteiger partial charge >= 0.3 is 5.97 Å². The molecule has 2 rings (SSSR count). The average molecular weight is 197 g/mol. The molecule has 1 saturated carbocycles. The van der Waals surface area contributed by atoms with Crippen LogP contribution in [0.15, 0.2) is 0 Å². The summed E-state index contributed by atoms with van der Waals surface area (Å²) in [6.07, 6.45) is 7.85. The van der Waals surface area contributed by atoms with E-state index in [1.165, 1.54) is 32.1 Å². The Morgan fingerprint density at radius 3 is 2.79 bits per heavy atom. The summed E-state index contributed by atoms with van der Waals surface area (Å²) in [5, 5.41) is 12.2. The third-order valence-corrected chi connectivity index (χ3v) is 3.67. The molecule has 80 valence electrons. The summed E-state index contributed by atoms with van der Waals surface area (Å²) >= 11 is 0. The second-order valence-electron chi connectivity index (χ2n) is 4.69. The minimum atomic E-state index is -0.670. The molecule has 0 amide bonds. The van der Waals surface area contributed by atoms with Crippen LogP contribution in [0.5, 0.6) is 0 Å². The molecule has 0 aromatic heterocycles. The van der Waals surface area contributed by atoms with Gasteiger partial charge in [0.1, 0.15) is 0 Å². The summed E-state index contributed by atoms with van der Waals surface area (Å²) in [6.45, 7) is 0. The van der Waals surface area contributed by atoms with Crippen LogP contribution in [0.25, 0.3) is 0 Å². The van der Waals surface area contributed by atoms with Crippen molar-refractivity contribution in [3.05, 3.63) is 0 Å². The smallest absolute Gasteiger partial charge is 0.304 e. The van der Waals surface area contributed by atoms with Gasteiger partial charge in [0.05, 0.1) is 6.42 Å². The standard InChI is InChI=1S/C11H19NO2/c13-11(14)7-9-6-5-8-3-1-2-4-10(8)12-9/h8-10,12H,1-7H2,(H,13,14). The van der Waals surface area contributed by atoms with E-state index in [0.717, 1.165) is 12.3 Å². The number of carbonyl (C=O) groups is 1. The number of aliphatic carboxylic acids is 1. The van der Waals surface area contributed by atoms with Gasteiger partial charge in [-0.3, -0.25) is 4.79 Å². The van der Waals surface area contributed by atoms with E-state index < -0.39 is 5.97 Å². The monoisotopic (exact) mass is 197 g/mol. The zero-order valence-electron chi connectivity index (χ0n) is 8.54. The van der Waals surface area contributed by atoms with Gasteiger partial charge in [-0.2, -0.15) is 0 Å². The van der Waals surface area contributed by atoms with E-state index in [1.807, 2.05) is 0 Å². The lowest BCUT2D eigenvalue weighted by Crippen LogP contribution is -2.49. The quantitative estimate of drug-likeness (QED) is 0.709. The second-order valence-corrected chi connectivity index (χ2v) is 4.69. The number of nitrogens with one attached hydrogen (secondary N) is 1. The lowest BCUT2D eigenvalue weighted by Gasteiger charge is -2.40. The molecule has 0 spiro atoms. The number of hydrogen-bond acceptors (Lipinski definition) is 2. The highest BCUT2D eigenvalue weighted by molar-refractivity contribution is 5.67. The van der Waals surface area contributed by atoms with Gasteiger partial charge in [-0.1, -0.05) is 12.8 Å². The molecule has 1 aliphatic carbocycles. The van der Waals surface area contributed by atoms with Crippen molar-refractivity contribution < 1.29 is 9.90 Å². The Morgan fingerprint density at radius 2 is 2.00 bits per heavy atom. The van der Waals surface area contributed by atoms with Crippen molar-refractivity contribution in [2.75, 3.05) is 0 Å². The normalized spacial score (nSPS) is 37.6. The van der Waals surface area contributed by atoms with Crippen LogP contribution >= 0.6 is 0 Å². The van der Waals surface area contributed by atoms with Crippen molar-refractivity contribution in [3.63, 3.8) is 0 Å². The molecule has 0 radical (unpaired) electrons. The van der Waals surface area contributed by atoms with E-state index in [4.69, 9.17) is 5.11 Å². The first-order valence-corrected chi connectivity index (χ1v) is 5.73. The molecular weight excluding hydrogens is 178 g/mol. The van der Waals surface area contributed by atoms with E-state index >= 15 is 0 Å². The number of rotatable bonds is 2. The maximum atomic E-state index is 10.6. The van der Waals surface area contributed by atoms with Gasteiger partial charge in [0.2, 0.25) is 0 Å². The molecule has 2 aliphatic rings. The molecular formula is C11H19NO2. The molecule has 1 saturated heterocycles. The van der Waals surface area contributed by atoms with Gasteiger partial charge < -0.3 is 10.4 Å². The summed E-state index contributed by atoms with van der Waals surface area (Å²) in [4.78, 5) is 10.6. The van der Waals surface area contributed by atoms with Crippen LogP contribution in [0.4, 0.5) is 0 Å². The molecule has 3 nitrogen and oxygen atoms in total. The first-order valence-electron chi connectivity index (χ1n) is 5.73. The molecule has 0 aromatic carbocycles. The van der Waals surface area contributed by atoms with Gasteiger partial charge in [-0.25, -0.2) is 0 Å². The highest BCUT2D eigenvalue weighted by atomic mass is 16.4. The van der Waals surface area contributed by atoms with Gasteiger partial charge in [0.15, 0.2) is 0 Å². The summed E-state index contributed by atoms with van der Waals surface area (Å²) in [7, 11) is 0. The molecule has 1 heterocycles. The summed E-state index contributed by atoms with van der Waals surface area (Å²) < 4.78 is 0. The number of carboxylic acid groups (broad SMARTS) is 1. The Kier molecular flexibility index (Phi) is 3.06. The Balaban J connectivity index is 1.86. The van der Waals surface area contributed by atoms with Crippen molar-refractivity contribution in [3.8, 4) is 0 Å². The minimum Gasteiger partial charge on any atom is -0.481 e. The van der Waals surface area contributed by atoms with Crippen LogP contribution < -0.4 is 5.32 Å². The molecule has 1 aliphatic heterocycles. The SMILES string of the molecule is O=C(O)CC1CCC2CCCCC2N1. The van der Waals surface area contributed by atoms with Crippen molar-refractivity contribution in [2.24, 2.45) is 5.92 Å². The van der Waals surface area contributed by atoms with E-state index in [1.54, 1.807) is 0 Å². The lowest BCUT2D eigenvalue weighted by molar-refractivity contribution is -0.137. The minimum absolute atomic E-state index is 0.229. The molecule has 3 heteroatoms. The number of piperidine rings is 1. The second kappa shape index (κ2) is 4.30. The maximum Gasteiger partial charge on any atom is 0.304 e. The molecule has 0 aromatic rings. The van der Waals surface area contributed by atoms with Crippen LogP contribution in [0, 0.1) is 5.92 Å². The van der Waals surface area contributed by atoms with Crippen LogP contribution in [0.1, 0.15) is 44.9 Å². The lowest BCUT2D eigenvalue weighted by atomic mass is 9.77. The Hall–Kier alpha value is -0.570. The molecule has 2 N–H and O–H groups in total. The topological polar surface area (TPSA) is 49.3 Å².